The zero-order valence-corrected chi connectivity index (χ0v) is 15.9. The molecule has 1 aliphatic rings. The van der Waals surface area contributed by atoms with Crippen LogP contribution in [0.1, 0.15) is 50.1 Å². The van der Waals surface area contributed by atoms with E-state index in [1.54, 1.807) is 36.5 Å². The molecule has 2 N–H and O–H groups in total. The summed E-state index contributed by atoms with van der Waals surface area (Å²) in [6, 6.07) is 16.1. The number of nitrogens with two attached hydrogens (primary N) is 1. The Morgan fingerprint density at radius 3 is 2.62 bits per heavy atom. The molecule has 0 spiro atoms. The molecule has 0 radical (unpaired) electrons. The number of primary amides is 1. The van der Waals surface area contributed by atoms with Crippen LogP contribution in [0, 0.1) is 6.92 Å². The van der Waals surface area contributed by atoms with E-state index in [-0.39, 0.29) is 5.78 Å². The maximum absolute atomic E-state index is 12.0. The van der Waals surface area contributed by atoms with Gasteiger partial charge in [-0.15, -0.1) is 0 Å². The van der Waals surface area contributed by atoms with E-state index in [1.165, 1.54) is 0 Å². The summed E-state index contributed by atoms with van der Waals surface area (Å²) in [5.41, 5.74) is 8.99. The van der Waals surface area contributed by atoms with Crippen LogP contribution in [0.2, 0.25) is 0 Å². The first-order valence-electron chi connectivity index (χ1n) is 9.30. The third kappa shape index (κ3) is 3.96. The summed E-state index contributed by atoms with van der Waals surface area (Å²) >= 11 is 0. The smallest absolute Gasteiger partial charge is 0.248 e. The van der Waals surface area contributed by atoms with Crippen LogP contribution in [-0.2, 0) is 0 Å². The zero-order chi connectivity index (χ0) is 20.4. The van der Waals surface area contributed by atoms with Gasteiger partial charge in [-0.2, -0.15) is 0 Å². The second-order valence-corrected chi connectivity index (χ2v) is 6.89. The molecule has 1 amide bonds. The topological polar surface area (TPSA) is 91.5 Å². The summed E-state index contributed by atoms with van der Waals surface area (Å²) in [5.74, 6) is 0.704. The van der Waals surface area contributed by atoms with Gasteiger partial charge in [0.2, 0.25) is 5.91 Å². The van der Waals surface area contributed by atoms with Crippen LogP contribution in [-0.4, -0.2) is 23.3 Å². The molecular weight excluding hydrogens is 368 g/mol. The number of aryl methyl sites for hydroxylation is 1. The van der Waals surface area contributed by atoms with Gasteiger partial charge in [-0.25, -0.2) is 0 Å². The van der Waals surface area contributed by atoms with E-state index in [2.05, 4.69) is 4.98 Å². The average molecular weight is 388 g/mol. The standard InChI is InChI=1S/C23H20N2O4/c1-14-12-17(8-10-25-14)22(15-2-4-16(5-3-15)23(24)27)29-18-6-7-19-20(26)9-11-28-21(19)13-18/h2-8,10,12-13,22H,9,11H2,1H3,(H2,24,27). The Hall–Kier alpha value is -3.67. The third-order valence-corrected chi connectivity index (χ3v) is 4.82. The minimum absolute atomic E-state index is 0.0705. The van der Waals surface area contributed by atoms with E-state index in [1.807, 2.05) is 31.2 Å². The molecule has 3 aromatic rings. The van der Waals surface area contributed by atoms with Crippen LogP contribution in [0.4, 0.5) is 0 Å². The number of nitrogens with zero attached hydrogens (tertiary/aromatic N) is 1. The van der Waals surface area contributed by atoms with Gasteiger partial charge in [0.25, 0.3) is 0 Å². The lowest BCUT2D eigenvalue weighted by Crippen LogP contribution is -2.16. The van der Waals surface area contributed by atoms with Crippen molar-refractivity contribution < 1.29 is 19.1 Å². The summed E-state index contributed by atoms with van der Waals surface area (Å²) in [6.45, 7) is 2.28. The van der Waals surface area contributed by atoms with E-state index >= 15 is 0 Å². The Labute approximate surface area is 168 Å². The van der Waals surface area contributed by atoms with E-state index in [9.17, 15) is 9.59 Å². The maximum atomic E-state index is 12.0. The van der Waals surface area contributed by atoms with Crippen LogP contribution >= 0.6 is 0 Å². The number of aromatic nitrogens is 1. The van der Waals surface area contributed by atoms with Gasteiger partial charge in [0.15, 0.2) is 5.78 Å². The number of ketones is 1. The van der Waals surface area contributed by atoms with Crippen molar-refractivity contribution in [1.82, 2.24) is 4.98 Å². The summed E-state index contributed by atoms with van der Waals surface area (Å²) < 4.78 is 11.9. The number of carbonyl (C=O) groups excluding carboxylic acids is 2. The number of pyridine rings is 1. The molecule has 1 aromatic heterocycles. The summed E-state index contributed by atoms with van der Waals surface area (Å²) in [7, 11) is 0. The van der Waals surface area contributed by atoms with Crippen molar-refractivity contribution >= 4 is 11.7 Å². The number of amides is 1. The highest BCUT2D eigenvalue weighted by Crippen LogP contribution is 2.34. The first-order valence-corrected chi connectivity index (χ1v) is 9.30. The van der Waals surface area contributed by atoms with E-state index in [0.29, 0.717) is 35.7 Å². The van der Waals surface area contributed by atoms with Gasteiger partial charge >= 0.3 is 0 Å². The lowest BCUT2D eigenvalue weighted by Gasteiger charge is -2.22. The molecule has 1 atom stereocenters. The largest absolute Gasteiger partial charge is 0.492 e. The Morgan fingerprint density at radius 1 is 1.10 bits per heavy atom. The quantitative estimate of drug-likeness (QED) is 0.721. The van der Waals surface area contributed by atoms with Crippen molar-refractivity contribution in [2.75, 3.05) is 6.61 Å². The predicted octanol–water partition coefficient (Wildman–Crippen LogP) is 3.62. The molecule has 0 fully saturated rings. The molecule has 1 aliphatic heterocycles. The molecule has 0 saturated heterocycles. The molecule has 29 heavy (non-hydrogen) atoms. The lowest BCUT2D eigenvalue weighted by molar-refractivity contribution is 0.0932. The van der Waals surface area contributed by atoms with Gasteiger partial charge < -0.3 is 15.2 Å². The van der Waals surface area contributed by atoms with Crippen molar-refractivity contribution in [3.05, 3.63) is 88.7 Å². The predicted molar refractivity (Wildman–Crippen MR) is 107 cm³/mol. The number of rotatable bonds is 5. The molecular formula is C23H20N2O4. The molecule has 1 unspecified atom stereocenters. The molecule has 2 aromatic carbocycles. The third-order valence-electron chi connectivity index (χ3n) is 4.82. The van der Waals surface area contributed by atoms with Gasteiger partial charge in [-0.05, 0) is 48.9 Å². The zero-order valence-electron chi connectivity index (χ0n) is 15.9. The normalized spacial score (nSPS) is 13.9. The van der Waals surface area contributed by atoms with Crippen LogP contribution in [0.25, 0.3) is 0 Å². The molecule has 6 heteroatoms. The van der Waals surface area contributed by atoms with E-state index in [0.717, 1.165) is 16.8 Å². The van der Waals surface area contributed by atoms with Crippen LogP contribution in [0.5, 0.6) is 11.5 Å². The van der Waals surface area contributed by atoms with Crippen molar-refractivity contribution in [2.45, 2.75) is 19.4 Å². The summed E-state index contributed by atoms with van der Waals surface area (Å²) in [4.78, 5) is 27.7. The number of benzene rings is 2. The van der Waals surface area contributed by atoms with Gasteiger partial charge in [0, 0.05) is 35.5 Å². The fraction of sp³-hybridized carbons (Fsp3) is 0.174. The van der Waals surface area contributed by atoms with Crippen LogP contribution in [0.15, 0.2) is 60.8 Å². The Morgan fingerprint density at radius 2 is 1.90 bits per heavy atom. The molecule has 0 saturated carbocycles. The molecule has 6 nitrogen and oxygen atoms in total. The molecule has 4 rings (SSSR count). The summed E-state index contributed by atoms with van der Waals surface area (Å²) in [5, 5.41) is 0. The SMILES string of the molecule is Cc1cc(C(Oc2ccc3c(c2)OCCC3=O)c2ccc(C(N)=O)cc2)ccn1. The van der Waals surface area contributed by atoms with Crippen molar-refractivity contribution in [3.63, 3.8) is 0 Å². The minimum atomic E-state index is -0.481. The molecule has 146 valence electrons. The highest BCUT2D eigenvalue weighted by molar-refractivity contribution is 5.99. The van der Waals surface area contributed by atoms with Crippen molar-refractivity contribution in [3.8, 4) is 11.5 Å². The second kappa shape index (κ2) is 7.75. The number of ether oxygens (including phenoxy) is 2. The lowest BCUT2D eigenvalue weighted by atomic mass is 10.00. The fourth-order valence-electron chi connectivity index (χ4n) is 3.33. The Balaban J connectivity index is 1.71. The van der Waals surface area contributed by atoms with Gasteiger partial charge in [0.1, 0.15) is 17.6 Å². The average Bonchev–Trinajstić information content (AvgIpc) is 2.72. The van der Waals surface area contributed by atoms with Gasteiger partial charge in [0.05, 0.1) is 12.2 Å². The number of Topliss-reactive ketones (excluding diaryl/α,β-unsaturated/α-hetero) is 1. The van der Waals surface area contributed by atoms with E-state index in [4.69, 9.17) is 15.2 Å². The van der Waals surface area contributed by atoms with Crippen LogP contribution in [0.3, 0.4) is 0 Å². The number of hydrogen-bond donors (Lipinski definition) is 1. The number of hydrogen-bond acceptors (Lipinski definition) is 5. The molecule has 0 bridgehead atoms. The minimum Gasteiger partial charge on any atom is -0.492 e. The summed E-state index contributed by atoms with van der Waals surface area (Å²) in [6.07, 6.45) is 1.68. The van der Waals surface area contributed by atoms with Crippen LogP contribution < -0.4 is 15.2 Å². The first-order chi connectivity index (χ1) is 14.0. The van der Waals surface area contributed by atoms with Gasteiger partial charge in [-0.3, -0.25) is 14.6 Å². The van der Waals surface area contributed by atoms with E-state index < -0.39 is 12.0 Å². The highest BCUT2D eigenvalue weighted by atomic mass is 16.5. The Bertz CT molecular complexity index is 1080. The molecule has 2 heterocycles. The molecule has 0 aliphatic carbocycles. The van der Waals surface area contributed by atoms with Crippen molar-refractivity contribution in [1.29, 1.82) is 0 Å². The number of fused-ring (bicyclic) bond motifs is 1. The number of carbonyl (C=O) groups is 2. The van der Waals surface area contributed by atoms with Crippen molar-refractivity contribution in [2.24, 2.45) is 5.73 Å². The fourth-order valence-corrected chi connectivity index (χ4v) is 3.33. The maximum Gasteiger partial charge on any atom is 0.248 e. The monoisotopic (exact) mass is 388 g/mol. The van der Waals surface area contributed by atoms with Gasteiger partial charge in [-0.1, -0.05) is 12.1 Å². The highest BCUT2D eigenvalue weighted by Gasteiger charge is 2.21. The second-order valence-electron chi connectivity index (χ2n) is 6.89. The Kier molecular flexibility index (Phi) is 4.99. The first kappa shape index (κ1) is 18.7.